The lowest BCUT2D eigenvalue weighted by atomic mass is 10.1. The van der Waals surface area contributed by atoms with Gasteiger partial charge in [0.05, 0.1) is 18.4 Å². The lowest BCUT2D eigenvalue weighted by Crippen LogP contribution is -2.41. The Balaban J connectivity index is 1.67. The highest BCUT2D eigenvalue weighted by Crippen LogP contribution is 2.24. The molecule has 1 atom stereocenters. The van der Waals surface area contributed by atoms with Gasteiger partial charge in [-0.1, -0.05) is 6.07 Å². The second kappa shape index (κ2) is 5.47. The summed E-state index contributed by atoms with van der Waals surface area (Å²) in [4.78, 5) is 2.07. The van der Waals surface area contributed by atoms with Crippen LogP contribution in [0.3, 0.4) is 0 Å². The third kappa shape index (κ3) is 3.25. The second-order valence-electron chi connectivity index (χ2n) is 5.57. The molecule has 1 aliphatic carbocycles. The number of hydrogen-bond acceptors (Lipinski definition) is 3. The molecule has 1 N–H and O–H groups in total. The van der Waals surface area contributed by atoms with Gasteiger partial charge >= 0.3 is 0 Å². The summed E-state index contributed by atoms with van der Waals surface area (Å²) in [5.74, 6) is -0.121. The first-order valence-electron chi connectivity index (χ1n) is 7.11. The van der Waals surface area contributed by atoms with Crippen molar-refractivity contribution in [1.29, 1.82) is 0 Å². The zero-order valence-corrected chi connectivity index (χ0v) is 11.4. The van der Waals surface area contributed by atoms with E-state index in [9.17, 15) is 4.39 Å². The second-order valence-corrected chi connectivity index (χ2v) is 5.57. The minimum Gasteiger partial charge on any atom is -0.375 e. The number of morpholine rings is 1. The molecule has 0 aromatic heterocycles. The van der Waals surface area contributed by atoms with Crippen LogP contribution in [0.1, 0.15) is 25.3 Å². The van der Waals surface area contributed by atoms with Gasteiger partial charge in [-0.15, -0.1) is 0 Å². The molecule has 0 bridgehead atoms. The smallest absolute Gasteiger partial charge is 0.146 e. The minimum absolute atomic E-state index is 0.121. The predicted octanol–water partition coefficient (Wildman–Crippen LogP) is 2.30. The lowest BCUT2D eigenvalue weighted by Gasteiger charge is -2.33. The molecule has 1 unspecified atom stereocenters. The van der Waals surface area contributed by atoms with Gasteiger partial charge in [0.1, 0.15) is 5.82 Å². The van der Waals surface area contributed by atoms with E-state index < -0.39 is 0 Å². The molecule has 1 aromatic rings. The van der Waals surface area contributed by atoms with Crippen molar-refractivity contribution in [1.82, 2.24) is 5.32 Å². The standard InChI is InChI=1S/C15H21FN2O/c1-11-10-18(6-7-19-11)15-5-2-12(8-14(15)16)9-17-13-3-4-13/h2,5,8,11,13,17H,3-4,6-7,9-10H2,1H3. The molecule has 2 fully saturated rings. The van der Waals surface area contributed by atoms with Crippen molar-refractivity contribution in [2.75, 3.05) is 24.6 Å². The van der Waals surface area contributed by atoms with E-state index in [2.05, 4.69) is 10.2 Å². The molecule has 1 saturated carbocycles. The van der Waals surface area contributed by atoms with Gasteiger partial charge in [0.25, 0.3) is 0 Å². The summed E-state index contributed by atoms with van der Waals surface area (Å²) in [5, 5.41) is 3.41. The third-order valence-corrected chi connectivity index (χ3v) is 3.77. The number of nitrogens with zero attached hydrogens (tertiary/aromatic N) is 1. The molecule has 3 nitrogen and oxygen atoms in total. The van der Waals surface area contributed by atoms with Crippen LogP contribution in [0.5, 0.6) is 0 Å². The van der Waals surface area contributed by atoms with Crippen LogP contribution in [0.2, 0.25) is 0 Å². The maximum Gasteiger partial charge on any atom is 0.146 e. The molecule has 19 heavy (non-hydrogen) atoms. The molecular weight excluding hydrogens is 243 g/mol. The number of rotatable bonds is 4. The molecule has 0 amide bonds. The molecule has 104 valence electrons. The Morgan fingerprint density at radius 1 is 1.42 bits per heavy atom. The van der Waals surface area contributed by atoms with Crippen LogP contribution >= 0.6 is 0 Å². The monoisotopic (exact) mass is 264 g/mol. The summed E-state index contributed by atoms with van der Waals surface area (Å²) in [7, 11) is 0. The van der Waals surface area contributed by atoms with E-state index in [0.29, 0.717) is 18.3 Å². The predicted molar refractivity (Wildman–Crippen MR) is 73.9 cm³/mol. The highest BCUT2D eigenvalue weighted by Gasteiger charge is 2.21. The Kier molecular flexibility index (Phi) is 3.71. The van der Waals surface area contributed by atoms with Crippen LogP contribution in [0.4, 0.5) is 10.1 Å². The Hall–Kier alpha value is -1.13. The lowest BCUT2D eigenvalue weighted by molar-refractivity contribution is 0.0530. The van der Waals surface area contributed by atoms with Crippen molar-refractivity contribution in [2.24, 2.45) is 0 Å². The van der Waals surface area contributed by atoms with Crippen LogP contribution in [0, 0.1) is 5.82 Å². The van der Waals surface area contributed by atoms with Crippen LogP contribution in [0.15, 0.2) is 18.2 Å². The molecule has 1 aromatic carbocycles. The fraction of sp³-hybridized carbons (Fsp3) is 0.600. The van der Waals surface area contributed by atoms with Crippen molar-refractivity contribution in [3.05, 3.63) is 29.6 Å². The van der Waals surface area contributed by atoms with Crippen LogP contribution < -0.4 is 10.2 Å². The fourth-order valence-electron chi connectivity index (χ4n) is 2.50. The van der Waals surface area contributed by atoms with E-state index in [1.807, 2.05) is 19.1 Å². The molecule has 4 heteroatoms. The third-order valence-electron chi connectivity index (χ3n) is 3.77. The molecule has 0 radical (unpaired) electrons. The number of halogens is 1. The Labute approximate surface area is 113 Å². The zero-order valence-electron chi connectivity index (χ0n) is 11.4. The number of hydrogen-bond donors (Lipinski definition) is 1. The molecule has 1 aliphatic heterocycles. The summed E-state index contributed by atoms with van der Waals surface area (Å²) in [6.45, 7) is 4.99. The maximum atomic E-state index is 14.2. The summed E-state index contributed by atoms with van der Waals surface area (Å²) in [5.41, 5.74) is 1.72. The Bertz CT molecular complexity index is 448. The normalized spacial score (nSPS) is 23.7. The molecule has 2 aliphatic rings. The van der Waals surface area contributed by atoms with Crippen molar-refractivity contribution in [3.63, 3.8) is 0 Å². The maximum absolute atomic E-state index is 14.2. The van der Waals surface area contributed by atoms with Crippen molar-refractivity contribution in [2.45, 2.75) is 38.5 Å². The highest BCUT2D eigenvalue weighted by atomic mass is 19.1. The van der Waals surface area contributed by atoms with Gasteiger partial charge in [-0.3, -0.25) is 0 Å². The Morgan fingerprint density at radius 3 is 2.95 bits per heavy atom. The zero-order chi connectivity index (χ0) is 13.2. The molecule has 1 heterocycles. The van der Waals surface area contributed by atoms with E-state index in [1.165, 1.54) is 12.8 Å². The summed E-state index contributed by atoms with van der Waals surface area (Å²) < 4.78 is 19.7. The minimum atomic E-state index is -0.121. The summed E-state index contributed by atoms with van der Waals surface area (Å²) in [6.07, 6.45) is 2.68. The van der Waals surface area contributed by atoms with Gasteiger partial charge in [-0.05, 0) is 37.5 Å². The largest absolute Gasteiger partial charge is 0.375 e. The molecule has 1 saturated heterocycles. The van der Waals surface area contributed by atoms with Gasteiger partial charge in [0.15, 0.2) is 0 Å². The SMILES string of the molecule is CC1CN(c2ccc(CNC3CC3)cc2F)CCO1. The van der Waals surface area contributed by atoms with E-state index in [-0.39, 0.29) is 11.9 Å². The molecular formula is C15H21FN2O. The van der Waals surface area contributed by atoms with Gasteiger partial charge in [0, 0.05) is 25.7 Å². The first-order valence-corrected chi connectivity index (χ1v) is 7.11. The van der Waals surface area contributed by atoms with Gasteiger partial charge in [-0.25, -0.2) is 4.39 Å². The van der Waals surface area contributed by atoms with Crippen molar-refractivity contribution >= 4 is 5.69 Å². The highest BCUT2D eigenvalue weighted by molar-refractivity contribution is 5.49. The van der Waals surface area contributed by atoms with Crippen LogP contribution in [-0.2, 0) is 11.3 Å². The average Bonchev–Trinajstić information content (AvgIpc) is 3.20. The van der Waals surface area contributed by atoms with E-state index in [0.717, 1.165) is 25.2 Å². The summed E-state index contributed by atoms with van der Waals surface area (Å²) in [6, 6.07) is 6.23. The first-order chi connectivity index (χ1) is 9.22. The van der Waals surface area contributed by atoms with Gasteiger partial charge in [0.2, 0.25) is 0 Å². The average molecular weight is 264 g/mol. The van der Waals surface area contributed by atoms with Crippen LogP contribution in [0.25, 0.3) is 0 Å². The van der Waals surface area contributed by atoms with E-state index >= 15 is 0 Å². The number of nitrogens with one attached hydrogen (secondary N) is 1. The topological polar surface area (TPSA) is 24.5 Å². The van der Waals surface area contributed by atoms with Crippen molar-refractivity contribution in [3.8, 4) is 0 Å². The van der Waals surface area contributed by atoms with E-state index in [1.54, 1.807) is 6.07 Å². The quantitative estimate of drug-likeness (QED) is 0.903. The van der Waals surface area contributed by atoms with E-state index in [4.69, 9.17) is 4.74 Å². The van der Waals surface area contributed by atoms with Crippen molar-refractivity contribution < 1.29 is 9.13 Å². The molecule has 3 rings (SSSR count). The number of benzene rings is 1. The van der Waals surface area contributed by atoms with Gasteiger partial charge < -0.3 is 15.0 Å². The number of anilines is 1. The number of ether oxygens (including phenoxy) is 1. The Morgan fingerprint density at radius 2 is 2.26 bits per heavy atom. The fourth-order valence-corrected chi connectivity index (χ4v) is 2.50. The summed E-state index contributed by atoms with van der Waals surface area (Å²) >= 11 is 0. The van der Waals surface area contributed by atoms with Crippen LogP contribution in [-0.4, -0.2) is 31.8 Å². The van der Waals surface area contributed by atoms with Gasteiger partial charge in [-0.2, -0.15) is 0 Å². The first kappa shape index (κ1) is 12.9. The molecule has 0 spiro atoms.